The van der Waals surface area contributed by atoms with E-state index in [2.05, 4.69) is 94.4 Å². The second kappa shape index (κ2) is 9.88. The average Bonchev–Trinajstić information content (AvgIpc) is 3.17. The highest BCUT2D eigenvalue weighted by molar-refractivity contribution is 7.85. The molecule has 5 nitrogen and oxygen atoms in total. The zero-order chi connectivity index (χ0) is 27.2. The topological polar surface area (TPSA) is 60.6 Å². The summed E-state index contributed by atoms with van der Waals surface area (Å²) in [5.41, 5.74) is 7.74. The first-order chi connectivity index (χ1) is 17.3. The van der Waals surface area contributed by atoms with Crippen molar-refractivity contribution in [3.63, 3.8) is 0 Å². The molecule has 0 bridgehead atoms. The molecule has 0 saturated carbocycles. The van der Waals surface area contributed by atoms with Crippen molar-refractivity contribution in [2.24, 2.45) is 0 Å². The summed E-state index contributed by atoms with van der Waals surface area (Å²) < 4.78 is 35.7. The third kappa shape index (κ3) is 4.82. The molecule has 4 rings (SSSR count). The molecule has 0 saturated heterocycles. The number of unbranched alkanes of at least 4 members (excludes halogenated alkanes) is 2. The molecule has 2 aromatic rings. The fourth-order valence-corrected chi connectivity index (χ4v) is 6.44. The van der Waals surface area contributed by atoms with Gasteiger partial charge in [-0.3, -0.25) is 4.55 Å². The lowest BCUT2D eigenvalue weighted by atomic mass is 9.80. The van der Waals surface area contributed by atoms with Crippen LogP contribution in [0.25, 0.3) is 0 Å². The maximum atomic E-state index is 11.8. The molecule has 0 amide bonds. The number of hydrogen-bond donors (Lipinski definition) is 1. The molecule has 0 radical (unpaired) electrons. The molecule has 37 heavy (non-hydrogen) atoms. The molecule has 2 aliphatic rings. The molecule has 0 atom stereocenters. The van der Waals surface area contributed by atoms with Crippen molar-refractivity contribution in [2.75, 3.05) is 18.0 Å². The number of fused-ring (bicyclic) bond motifs is 2. The molecular weight excluding hydrogens is 480 g/mol. The summed E-state index contributed by atoms with van der Waals surface area (Å²) in [5.74, 6) is 0. The number of nitrogens with zero attached hydrogens (tertiary/aromatic N) is 2. The maximum Gasteiger partial charge on any atom is 0.294 e. The first-order valence-corrected chi connectivity index (χ1v) is 14.8. The molecule has 0 aliphatic carbocycles. The minimum Gasteiger partial charge on any atom is -0.344 e. The number of anilines is 1. The highest BCUT2D eigenvalue weighted by atomic mass is 32.2. The van der Waals surface area contributed by atoms with E-state index < -0.39 is 15.5 Å². The molecule has 198 valence electrons. The van der Waals surface area contributed by atoms with E-state index in [9.17, 15) is 13.0 Å². The van der Waals surface area contributed by atoms with Gasteiger partial charge >= 0.3 is 0 Å². The van der Waals surface area contributed by atoms with Gasteiger partial charge in [0, 0.05) is 47.5 Å². The van der Waals surface area contributed by atoms with Crippen molar-refractivity contribution < 1.29 is 17.5 Å². The molecule has 0 unspecified atom stereocenters. The fourth-order valence-electron chi connectivity index (χ4n) is 5.94. The quantitative estimate of drug-likeness (QED) is 0.229. The zero-order valence-electron chi connectivity index (χ0n) is 23.3. The smallest absolute Gasteiger partial charge is 0.294 e. The highest BCUT2D eigenvalue weighted by Gasteiger charge is 2.44. The van der Waals surface area contributed by atoms with Crippen molar-refractivity contribution in [3.8, 4) is 0 Å². The van der Waals surface area contributed by atoms with Gasteiger partial charge in [0.1, 0.15) is 6.54 Å². The van der Waals surface area contributed by atoms with Gasteiger partial charge in [0.25, 0.3) is 10.1 Å². The number of rotatable bonds is 8. The van der Waals surface area contributed by atoms with E-state index in [1.165, 1.54) is 41.4 Å². The lowest BCUT2D eigenvalue weighted by Crippen LogP contribution is -2.28. The normalized spacial score (nSPS) is 19.2. The fraction of sp³-hybridized carbons (Fsp3) is 0.452. The minimum atomic E-state index is -4.26. The lowest BCUT2D eigenvalue weighted by molar-refractivity contribution is -0.438. The Labute approximate surface area is 223 Å². The minimum absolute atomic E-state index is 0.0637. The molecule has 2 heterocycles. The average molecular weight is 522 g/mol. The van der Waals surface area contributed by atoms with Crippen molar-refractivity contribution >= 4 is 27.2 Å². The van der Waals surface area contributed by atoms with Gasteiger partial charge in [-0.1, -0.05) is 44.9 Å². The molecule has 2 aromatic carbocycles. The lowest BCUT2D eigenvalue weighted by Gasteiger charge is -2.25. The van der Waals surface area contributed by atoms with Gasteiger partial charge < -0.3 is 4.90 Å². The van der Waals surface area contributed by atoms with Crippen molar-refractivity contribution in [3.05, 3.63) is 77.0 Å². The molecule has 6 heteroatoms. The van der Waals surface area contributed by atoms with E-state index in [1.807, 2.05) is 0 Å². The van der Waals surface area contributed by atoms with Crippen LogP contribution >= 0.6 is 0 Å². The molecule has 0 aromatic heterocycles. The molecule has 0 fully saturated rings. The Morgan fingerprint density at radius 1 is 0.973 bits per heavy atom. The summed E-state index contributed by atoms with van der Waals surface area (Å²) in [6, 6.07) is 11.7. The van der Waals surface area contributed by atoms with Crippen LogP contribution in [-0.4, -0.2) is 36.3 Å². The SMILES string of the molecule is CCCCC[N+]1=C(C=CC=C2N(CC)c3ccc(S(=O)(=O)O)cc3C2(C)C)C(C)(C)c2cc(C)ccc21. The Kier molecular flexibility index (Phi) is 7.30. The molecule has 0 spiro atoms. The van der Waals surface area contributed by atoms with Crippen molar-refractivity contribution in [2.45, 2.75) is 83.5 Å². The van der Waals surface area contributed by atoms with Crippen LogP contribution in [0.15, 0.2) is 65.2 Å². The molecular formula is C31H41N2O3S+. The number of likely N-dealkylation sites (N-methyl/N-ethyl adjacent to an activating group) is 1. The number of allylic oxidation sites excluding steroid dienone is 4. The van der Waals surface area contributed by atoms with Crippen LogP contribution in [0.1, 0.15) is 77.5 Å². The van der Waals surface area contributed by atoms with E-state index >= 15 is 0 Å². The number of benzene rings is 2. The van der Waals surface area contributed by atoms with E-state index in [1.54, 1.807) is 12.1 Å². The van der Waals surface area contributed by atoms with Crippen LogP contribution in [0.4, 0.5) is 11.4 Å². The summed E-state index contributed by atoms with van der Waals surface area (Å²) in [6.45, 7) is 17.1. The second-order valence-electron chi connectivity index (χ2n) is 11.3. The summed E-state index contributed by atoms with van der Waals surface area (Å²) >= 11 is 0. The molecule has 2 aliphatic heterocycles. The Hall–Kier alpha value is -2.70. The first-order valence-electron chi connectivity index (χ1n) is 13.4. The predicted molar refractivity (Wildman–Crippen MR) is 153 cm³/mol. The summed E-state index contributed by atoms with van der Waals surface area (Å²) in [7, 11) is -4.26. The van der Waals surface area contributed by atoms with Crippen LogP contribution in [0.2, 0.25) is 0 Å². The van der Waals surface area contributed by atoms with E-state index in [4.69, 9.17) is 0 Å². The van der Waals surface area contributed by atoms with Crippen LogP contribution in [-0.2, 0) is 20.9 Å². The monoisotopic (exact) mass is 521 g/mol. The predicted octanol–water partition coefficient (Wildman–Crippen LogP) is 7.07. The van der Waals surface area contributed by atoms with Crippen LogP contribution in [0.3, 0.4) is 0 Å². The Morgan fingerprint density at radius 3 is 2.35 bits per heavy atom. The summed E-state index contributed by atoms with van der Waals surface area (Å²) in [6.07, 6.45) is 10.1. The van der Waals surface area contributed by atoms with Gasteiger partial charge in [-0.05, 0) is 70.0 Å². The highest BCUT2D eigenvalue weighted by Crippen LogP contribution is 2.48. The van der Waals surface area contributed by atoms with Gasteiger partial charge in [0.05, 0.1) is 10.3 Å². The third-order valence-electron chi connectivity index (χ3n) is 8.02. The summed E-state index contributed by atoms with van der Waals surface area (Å²) in [4.78, 5) is 2.17. The largest absolute Gasteiger partial charge is 0.344 e. The van der Waals surface area contributed by atoms with Gasteiger partial charge in [-0.25, -0.2) is 0 Å². The Balaban J connectivity index is 1.76. The standard InChI is InChI=1S/C31H40N2O3S/c1-8-10-11-19-33-27-17-15-22(3)20-24(27)30(4,5)29(33)14-12-13-28-31(6,7)25-21-23(37(34,35)36)16-18-26(25)32(28)9-2/h12-18,20-21H,8-11,19H2,1-7H3/p+1. The van der Waals surface area contributed by atoms with Gasteiger partial charge in [-0.15, -0.1) is 0 Å². The van der Waals surface area contributed by atoms with E-state index in [-0.39, 0.29) is 10.3 Å². The van der Waals surface area contributed by atoms with Gasteiger partial charge in [0.15, 0.2) is 5.71 Å². The summed E-state index contributed by atoms with van der Waals surface area (Å²) in [5, 5.41) is 0. The van der Waals surface area contributed by atoms with Gasteiger partial charge in [-0.2, -0.15) is 13.0 Å². The van der Waals surface area contributed by atoms with Gasteiger partial charge in [0.2, 0.25) is 5.69 Å². The number of hydrogen-bond acceptors (Lipinski definition) is 3. The zero-order valence-corrected chi connectivity index (χ0v) is 24.1. The van der Waals surface area contributed by atoms with Crippen LogP contribution in [0.5, 0.6) is 0 Å². The van der Waals surface area contributed by atoms with E-state index in [0.717, 1.165) is 36.5 Å². The van der Waals surface area contributed by atoms with E-state index in [0.29, 0.717) is 0 Å². The molecule has 1 N–H and O–H groups in total. The van der Waals surface area contributed by atoms with Crippen molar-refractivity contribution in [1.29, 1.82) is 0 Å². The van der Waals surface area contributed by atoms with Crippen LogP contribution < -0.4 is 4.90 Å². The van der Waals surface area contributed by atoms with Crippen molar-refractivity contribution in [1.82, 2.24) is 0 Å². The second-order valence-corrected chi connectivity index (χ2v) is 12.7. The third-order valence-corrected chi connectivity index (χ3v) is 8.87. The number of aryl methyl sites for hydroxylation is 1. The maximum absolute atomic E-state index is 11.8. The Bertz CT molecular complexity index is 1410. The van der Waals surface area contributed by atoms with Crippen LogP contribution in [0, 0.1) is 6.92 Å². The first kappa shape index (κ1) is 27.3. The Morgan fingerprint density at radius 2 is 1.70 bits per heavy atom.